The molecule has 0 saturated carbocycles. The van der Waals surface area contributed by atoms with E-state index in [1.807, 2.05) is 42.5 Å². The number of anilines is 1. The standard InChI is InChI=1S/C26H37F2NO3/c1-30-24-16-11-21(20-25(24)31-2)17-18-29-22-12-14-23(15-13-22)32-19-9-7-5-3-4-6-8-10-26(27)28/h11-16,20,26,29H,3-10,17-19H2,1-2H3. The Morgan fingerprint density at radius 3 is 2.09 bits per heavy atom. The van der Waals surface area contributed by atoms with Crippen molar-refractivity contribution in [3.05, 3.63) is 48.0 Å². The normalized spacial score (nSPS) is 10.9. The number of halogens is 2. The fraction of sp³-hybridized carbons (Fsp3) is 0.538. The van der Waals surface area contributed by atoms with Gasteiger partial charge < -0.3 is 19.5 Å². The molecule has 0 bridgehead atoms. The summed E-state index contributed by atoms with van der Waals surface area (Å²) in [5.74, 6) is 2.36. The molecule has 0 aliphatic rings. The fourth-order valence-electron chi connectivity index (χ4n) is 3.53. The summed E-state index contributed by atoms with van der Waals surface area (Å²) in [7, 11) is 3.28. The highest BCUT2D eigenvalue weighted by atomic mass is 19.3. The number of hydrogen-bond acceptors (Lipinski definition) is 4. The smallest absolute Gasteiger partial charge is 0.238 e. The van der Waals surface area contributed by atoms with E-state index in [2.05, 4.69) is 5.32 Å². The van der Waals surface area contributed by atoms with Crippen LogP contribution in [0.15, 0.2) is 42.5 Å². The summed E-state index contributed by atoms with van der Waals surface area (Å²) in [6, 6.07) is 14.0. The molecule has 0 atom stereocenters. The van der Waals surface area contributed by atoms with Crippen LogP contribution in [0, 0.1) is 0 Å². The molecule has 32 heavy (non-hydrogen) atoms. The van der Waals surface area contributed by atoms with E-state index in [1.54, 1.807) is 14.2 Å². The van der Waals surface area contributed by atoms with Crippen molar-refractivity contribution in [2.24, 2.45) is 0 Å². The van der Waals surface area contributed by atoms with Gasteiger partial charge in [0.15, 0.2) is 11.5 Å². The minimum absolute atomic E-state index is 0.0417. The van der Waals surface area contributed by atoms with E-state index in [0.29, 0.717) is 13.0 Å². The maximum atomic E-state index is 12.1. The molecule has 2 aromatic rings. The summed E-state index contributed by atoms with van der Waals surface area (Å²) in [6.45, 7) is 1.52. The molecule has 1 N–H and O–H groups in total. The predicted octanol–water partition coefficient (Wildman–Crippen LogP) is 7.12. The molecule has 2 aromatic carbocycles. The van der Waals surface area contributed by atoms with E-state index in [4.69, 9.17) is 14.2 Å². The van der Waals surface area contributed by atoms with Crippen LogP contribution in [-0.2, 0) is 6.42 Å². The number of methoxy groups -OCH3 is 2. The topological polar surface area (TPSA) is 39.7 Å². The van der Waals surface area contributed by atoms with Gasteiger partial charge in [0, 0.05) is 18.7 Å². The van der Waals surface area contributed by atoms with E-state index in [9.17, 15) is 8.78 Å². The molecule has 0 aliphatic heterocycles. The number of ether oxygens (including phenoxy) is 3. The lowest BCUT2D eigenvalue weighted by atomic mass is 10.1. The highest BCUT2D eigenvalue weighted by molar-refractivity contribution is 5.47. The highest BCUT2D eigenvalue weighted by Gasteiger charge is 2.05. The van der Waals surface area contributed by atoms with Gasteiger partial charge in [-0.2, -0.15) is 0 Å². The van der Waals surface area contributed by atoms with E-state index in [1.165, 1.54) is 5.56 Å². The van der Waals surface area contributed by atoms with Crippen LogP contribution in [0.3, 0.4) is 0 Å². The highest BCUT2D eigenvalue weighted by Crippen LogP contribution is 2.27. The molecule has 2 rings (SSSR count). The first-order valence-electron chi connectivity index (χ1n) is 11.6. The van der Waals surface area contributed by atoms with Crippen LogP contribution in [-0.4, -0.2) is 33.8 Å². The lowest BCUT2D eigenvalue weighted by molar-refractivity contribution is 0.133. The summed E-state index contributed by atoms with van der Waals surface area (Å²) in [6.07, 6.45) is 5.76. The average molecular weight is 450 g/mol. The van der Waals surface area contributed by atoms with Crippen molar-refractivity contribution < 1.29 is 23.0 Å². The minimum atomic E-state index is -2.15. The zero-order valence-corrected chi connectivity index (χ0v) is 19.4. The molecule has 6 heteroatoms. The van der Waals surface area contributed by atoms with E-state index < -0.39 is 6.43 Å². The van der Waals surface area contributed by atoms with Crippen molar-refractivity contribution in [2.75, 3.05) is 32.7 Å². The first-order valence-corrected chi connectivity index (χ1v) is 11.6. The zero-order valence-electron chi connectivity index (χ0n) is 19.4. The Balaban J connectivity index is 1.55. The summed E-state index contributed by atoms with van der Waals surface area (Å²) in [4.78, 5) is 0. The lowest BCUT2D eigenvalue weighted by Gasteiger charge is -2.11. The lowest BCUT2D eigenvalue weighted by Crippen LogP contribution is -2.05. The predicted molar refractivity (Wildman–Crippen MR) is 127 cm³/mol. The molecule has 178 valence electrons. The third kappa shape index (κ3) is 10.2. The van der Waals surface area contributed by atoms with E-state index >= 15 is 0 Å². The maximum Gasteiger partial charge on any atom is 0.238 e. The Morgan fingerprint density at radius 1 is 0.781 bits per heavy atom. The SMILES string of the molecule is COc1ccc(CCNc2ccc(OCCCCCCCCCC(F)F)cc2)cc1OC. The van der Waals surface area contributed by atoms with Crippen LogP contribution < -0.4 is 19.5 Å². The molecule has 0 spiro atoms. The van der Waals surface area contributed by atoms with Crippen molar-refractivity contribution in [1.29, 1.82) is 0 Å². The Hall–Kier alpha value is -2.50. The van der Waals surface area contributed by atoms with Crippen LogP contribution in [0.4, 0.5) is 14.5 Å². The summed E-state index contributed by atoms with van der Waals surface area (Å²) < 4.78 is 40.5. The molecule has 0 aliphatic carbocycles. The third-order valence-corrected chi connectivity index (χ3v) is 5.38. The second kappa shape index (κ2) is 15.3. The number of alkyl halides is 2. The molecule has 0 saturated heterocycles. The van der Waals surface area contributed by atoms with E-state index in [-0.39, 0.29) is 6.42 Å². The molecule has 0 fully saturated rings. The summed E-state index contributed by atoms with van der Waals surface area (Å²) in [5, 5.41) is 3.43. The third-order valence-electron chi connectivity index (χ3n) is 5.38. The average Bonchev–Trinajstić information content (AvgIpc) is 2.81. The summed E-state index contributed by atoms with van der Waals surface area (Å²) in [5.41, 5.74) is 2.24. The monoisotopic (exact) mass is 449 g/mol. The van der Waals surface area contributed by atoms with Crippen molar-refractivity contribution in [3.63, 3.8) is 0 Å². The van der Waals surface area contributed by atoms with Gasteiger partial charge in [0.05, 0.1) is 20.8 Å². The van der Waals surface area contributed by atoms with Gasteiger partial charge in [0.25, 0.3) is 0 Å². The van der Waals surface area contributed by atoms with Gasteiger partial charge in [-0.1, -0.05) is 38.2 Å². The van der Waals surface area contributed by atoms with Crippen molar-refractivity contribution in [3.8, 4) is 17.2 Å². The van der Waals surface area contributed by atoms with Crippen molar-refractivity contribution in [1.82, 2.24) is 0 Å². The molecule has 0 unspecified atom stereocenters. The van der Waals surface area contributed by atoms with Crippen LogP contribution >= 0.6 is 0 Å². The maximum absolute atomic E-state index is 12.1. The molecular formula is C26H37F2NO3. The van der Waals surface area contributed by atoms with Crippen LogP contribution in [0.2, 0.25) is 0 Å². The fourth-order valence-corrected chi connectivity index (χ4v) is 3.53. The van der Waals surface area contributed by atoms with Crippen molar-refractivity contribution in [2.45, 2.75) is 64.2 Å². The molecule has 0 radical (unpaired) electrons. The molecule has 0 aromatic heterocycles. The largest absolute Gasteiger partial charge is 0.494 e. The van der Waals surface area contributed by atoms with Crippen LogP contribution in [0.5, 0.6) is 17.2 Å². The molecule has 4 nitrogen and oxygen atoms in total. The molecular weight excluding hydrogens is 412 g/mol. The first-order chi connectivity index (χ1) is 15.6. The van der Waals surface area contributed by atoms with Crippen molar-refractivity contribution >= 4 is 5.69 Å². The van der Waals surface area contributed by atoms with Gasteiger partial charge in [0.2, 0.25) is 6.43 Å². The van der Waals surface area contributed by atoms with Gasteiger partial charge in [-0.05, 0) is 61.2 Å². The molecule has 0 heterocycles. The first kappa shape index (κ1) is 25.8. The van der Waals surface area contributed by atoms with E-state index in [0.717, 1.165) is 74.4 Å². The summed E-state index contributed by atoms with van der Waals surface area (Å²) >= 11 is 0. The Kier molecular flexibility index (Phi) is 12.3. The van der Waals surface area contributed by atoms with Crippen LogP contribution in [0.1, 0.15) is 56.9 Å². The Morgan fingerprint density at radius 2 is 1.44 bits per heavy atom. The van der Waals surface area contributed by atoms with Gasteiger partial charge in [-0.15, -0.1) is 0 Å². The van der Waals surface area contributed by atoms with Crippen LogP contribution in [0.25, 0.3) is 0 Å². The van der Waals surface area contributed by atoms with Gasteiger partial charge in [-0.25, -0.2) is 8.78 Å². The molecule has 0 amide bonds. The van der Waals surface area contributed by atoms with Gasteiger partial charge >= 0.3 is 0 Å². The number of benzene rings is 2. The van der Waals surface area contributed by atoms with Gasteiger partial charge in [0.1, 0.15) is 5.75 Å². The second-order valence-electron chi connectivity index (χ2n) is 7.89. The number of nitrogens with one attached hydrogen (secondary N) is 1. The second-order valence-corrected chi connectivity index (χ2v) is 7.89. The number of rotatable bonds is 17. The minimum Gasteiger partial charge on any atom is -0.494 e. The van der Waals surface area contributed by atoms with Gasteiger partial charge in [-0.3, -0.25) is 0 Å². The number of hydrogen-bond donors (Lipinski definition) is 1. The zero-order chi connectivity index (χ0) is 23.0. The Labute approximate surface area is 191 Å². The quantitative estimate of drug-likeness (QED) is 0.261. The Bertz CT molecular complexity index is 753. The number of unbranched alkanes of at least 4 members (excludes halogenated alkanes) is 6.